The van der Waals surface area contributed by atoms with E-state index in [1.807, 2.05) is 75.4 Å². The summed E-state index contributed by atoms with van der Waals surface area (Å²) in [5.74, 6) is -0.806. The highest BCUT2D eigenvalue weighted by Gasteiger charge is 2.33. The van der Waals surface area contributed by atoms with Crippen LogP contribution in [0.3, 0.4) is 0 Å². The van der Waals surface area contributed by atoms with Crippen molar-refractivity contribution in [2.24, 2.45) is 0 Å². The summed E-state index contributed by atoms with van der Waals surface area (Å²) in [6.45, 7) is 5.46. The molecule has 3 aromatic carbocycles. The van der Waals surface area contributed by atoms with Gasteiger partial charge in [0.15, 0.2) is 0 Å². The van der Waals surface area contributed by atoms with E-state index in [2.05, 4.69) is 5.32 Å². The summed E-state index contributed by atoms with van der Waals surface area (Å²) in [6, 6.07) is 22.7. The third-order valence-electron chi connectivity index (χ3n) is 6.51. The molecule has 2 atom stereocenters. The van der Waals surface area contributed by atoms with Crippen molar-refractivity contribution in [3.05, 3.63) is 101 Å². The smallest absolute Gasteiger partial charge is 0.244 e. The first-order chi connectivity index (χ1) is 18.5. The molecular weight excluding hydrogens is 534 g/mol. The van der Waals surface area contributed by atoms with Crippen LogP contribution in [-0.2, 0) is 32.6 Å². The zero-order chi connectivity index (χ0) is 28.6. The third kappa shape index (κ3) is 8.57. The molecule has 0 saturated carbocycles. The van der Waals surface area contributed by atoms with E-state index in [-0.39, 0.29) is 35.6 Å². The Morgan fingerprint density at radius 2 is 1.59 bits per heavy atom. The average Bonchev–Trinajstić information content (AvgIpc) is 2.89. The molecule has 3 aromatic rings. The van der Waals surface area contributed by atoms with Crippen LogP contribution < -0.4 is 9.62 Å². The molecule has 0 bridgehead atoms. The highest BCUT2D eigenvalue weighted by Crippen LogP contribution is 2.27. The number of rotatable bonds is 12. The fourth-order valence-corrected chi connectivity index (χ4v) is 5.40. The summed E-state index contributed by atoms with van der Waals surface area (Å²) in [4.78, 5) is 29.2. The van der Waals surface area contributed by atoms with Gasteiger partial charge in [0.05, 0.1) is 17.0 Å². The molecule has 0 fully saturated rings. The van der Waals surface area contributed by atoms with Gasteiger partial charge >= 0.3 is 0 Å². The molecule has 1 N–H and O–H groups in total. The Kier molecular flexibility index (Phi) is 10.5. The molecule has 3 rings (SSSR count). The summed E-state index contributed by atoms with van der Waals surface area (Å²) in [5, 5.41) is 3.23. The summed E-state index contributed by atoms with van der Waals surface area (Å²) >= 11 is 6.33. The summed E-state index contributed by atoms with van der Waals surface area (Å²) < 4.78 is 26.7. The minimum Gasteiger partial charge on any atom is -0.352 e. The number of benzene rings is 3. The van der Waals surface area contributed by atoms with Gasteiger partial charge in [0.25, 0.3) is 0 Å². The second kappa shape index (κ2) is 13.6. The van der Waals surface area contributed by atoms with Crippen molar-refractivity contribution in [2.75, 3.05) is 17.1 Å². The number of carbonyl (C=O) groups is 2. The molecule has 0 radical (unpaired) electrons. The number of hydrogen-bond acceptors (Lipinski definition) is 4. The number of hydrogen-bond donors (Lipinski definition) is 1. The molecule has 0 saturated heterocycles. The first kappa shape index (κ1) is 30.2. The van der Waals surface area contributed by atoms with E-state index < -0.39 is 28.5 Å². The Balaban J connectivity index is 2.07. The second-order valence-electron chi connectivity index (χ2n) is 9.76. The van der Waals surface area contributed by atoms with Crippen molar-refractivity contribution in [3.8, 4) is 0 Å². The molecule has 2 amide bonds. The zero-order valence-corrected chi connectivity index (χ0v) is 24.4. The Bertz CT molecular complexity index is 1380. The third-order valence-corrected chi connectivity index (χ3v) is 7.95. The minimum atomic E-state index is -3.88. The largest absolute Gasteiger partial charge is 0.352 e. The minimum absolute atomic E-state index is 0.0951. The fourth-order valence-electron chi connectivity index (χ4n) is 4.25. The normalized spacial score (nSPS) is 12.8. The predicted octanol–water partition coefficient (Wildman–Crippen LogP) is 4.97. The summed E-state index contributed by atoms with van der Waals surface area (Å²) in [6.07, 6.45) is 2.03. The van der Waals surface area contributed by atoms with Crippen LogP contribution in [0.2, 0.25) is 5.02 Å². The molecular formula is C30H36ClN3O4S. The van der Waals surface area contributed by atoms with E-state index in [4.69, 9.17) is 11.6 Å². The molecule has 39 heavy (non-hydrogen) atoms. The Hall–Kier alpha value is -3.36. The molecule has 208 valence electrons. The zero-order valence-electron chi connectivity index (χ0n) is 22.8. The molecule has 0 aliphatic carbocycles. The van der Waals surface area contributed by atoms with Crippen molar-refractivity contribution in [1.82, 2.24) is 10.2 Å². The molecule has 0 aromatic heterocycles. The quantitative estimate of drug-likeness (QED) is 0.334. The number of carbonyl (C=O) groups excluding carboxylic acids is 2. The van der Waals surface area contributed by atoms with E-state index in [9.17, 15) is 18.0 Å². The first-order valence-electron chi connectivity index (χ1n) is 12.9. The summed E-state index contributed by atoms with van der Waals surface area (Å²) in [7, 11) is -3.88. The van der Waals surface area contributed by atoms with Gasteiger partial charge in [-0.2, -0.15) is 0 Å². The number of aryl methyl sites for hydroxylation is 1. The highest BCUT2D eigenvalue weighted by molar-refractivity contribution is 7.92. The lowest BCUT2D eigenvalue weighted by atomic mass is 10.0. The van der Waals surface area contributed by atoms with Gasteiger partial charge in [0, 0.05) is 19.0 Å². The lowest BCUT2D eigenvalue weighted by Crippen LogP contribution is -2.54. The Labute approximate surface area is 236 Å². The van der Waals surface area contributed by atoms with Crippen LogP contribution in [0.4, 0.5) is 5.69 Å². The molecule has 7 nitrogen and oxygen atoms in total. The van der Waals surface area contributed by atoms with Crippen molar-refractivity contribution >= 4 is 39.1 Å². The van der Waals surface area contributed by atoms with Crippen LogP contribution >= 0.6 is 11.6 Å². The van der Waals surface area contributed by atoms with Crippen LogP contribution in [0.5, 0.6) is 0 Å². The molecule has 0 unspecified atom stereocenters. The van der Waals surface area contributed by atoms with Crippen molar-refractivity contribution in [1.29, 1.82) is 0 Å². The number of nitrogens with zero attached hydrogens (tertiary/aromatic N) is 2. The molecule has 0 spiro atoms. The van der Waals surface area contributed by atoms with Gasteiger partial charge in [-0.3, -0.25) is 13.9 Å². The van der Waals surface area contributed by atoms with Crippen LogP contribution in [-0.4, -0.2) is 50.0 Å². The fraction of sp³-hybridized carbons (Fsp3) is 0.333. The maximum absolute atomic E-state index is 14.1. The monoisotopic (exact) mass is 569 g/mol. The number of nitrogens with one attached hydrogen (secondary N) is 1. The van der Waals surface area contributed by atoms with Gasteiger partial charge < -0.3 is 10.2 Å². The predicted molar refractivity (Wildman–Crippen MR) is 157 cm³/mol. The van der Waals surface area contributed by atoms with Crippen LogP contribution in [0.25, 0.3) is 0 Å². The SMILES string of the molecule is CC[C@@H](C)NC(=O)[C@H](Cc1ccccc1)N(Cc1cccc(C)c1)C(=O)CN(c1ccccc1Cl)S(C)(=O)=O. The number of sulfonamides is 1. The van der Waals surface area contributed by atoms with E-state index in [0.717, 1.165) is 33.7 Å². The van der Waals surface area contributed by atoms with Crippen LogP contribution in [0, 0.1) is 6.92 Å². The summed E-state index contributed by atoms with van der Waals surface area (Å²) in [5.41, 5.74) is 2.93. The van der Waals surface area contributed by atoms with Crippen molar-refractivity contribution in [3.63, 3.8) is 0 Å². The Morgan fingerprint density at radius 3 is 2.21 bits per heavy atom. The van der Waals surface area contributed by atoms with Gasteiger partial charge in [-0.15, -0.1) is 0 Å². The van der Waals surface area contributed by atoms with E-state index >= 15 is 0 Å². The van der Waals surface area contributed by atoms with Crippen LogP contribution in [0.15, 0.2) is 78.9 Å². The molecule has 9 heteroatoms. The second-order valence-corrected chi connectivity index (χ2v) is 12.1. The highest BCUT2D eigenvalue weighted by atomic mass is 35.5. The van der Waals surface area contributed by atoms with Gasteiger partial charge in [0.2, 0.25) is 21.8 Å². The first-order valence-corrected chi connectivity index (χ1v) is 15.1. The average molecular weight is 570 g/mol. The van der Waals surface area contributed by atoms with Crippen LogP contribution in [0.1, 0.15) is 37.0 Å². The number of amides is 2. The maximum atomic E-state index is 14.1. The molecule has 0 aliphatic rings. The topological polar surface area (TPSA) is 86.8 Å². The number of halogens is 1. The van der Waals surface area contributed by atoms with Crippen molar-refractivity contribution < 1.29 is 18.0 Å². The standard InChI is InChI=1S/C30H36ClN3O4S/c1-5-23(3)32-30(36)28(19-24-13-7-6-8-14-24)33(20-25-15-11-12-22(2)18-25)29(35)21-34(39(4,37)38)27-17-10-9-16-26(27)31/h6-18,23,28H,5,19-21H2,1-4H3,(H,32,36)/t23-,28+/m1/s1. The van der Waals surface area contributed by atoms with Crippen molar-refractivity contribution in [2.45, 2.75) is 52.2 Å². The van der Waals surface area contributed by atoms with Gasteiger partial charge in [-0.25, -0.2) is 8.42 Å². The molecule has 0 aliphatic heterocycles. The number of anilines is 1. The van der Waals surface area contributed by atoms with Gasteiger partial charge in [0.1, 0.15) is 12.6 Å². The lowest BCUT2D eigenvalue weighted by molar-refractivity contribution is -0.140. The Morgan fingerprint density at radius 1 is 0.949 bits per heavy atom. The van der Waals surface area contributed by atoms with E-state index in [1.54, 1.807) is 24.3 Å². The molecule has 0 heterocycles. The van der Waals surface area contributed by atoms with E-state index in [1.165, 1.54) is 4.90 Å². The maximum Gasteiger partial charge on any atom is 0.244 e. The number of para-hydroxylation sites is 1. The lowest BCUT2D eigenvalue weighted by Gasteiger charge is -2.34. The van der Waals surface area contributed by atoms with Gasteiger partial charge in [-0.1, -0.05) is 90.8 Å². The van der Waals surface area contributed by atoms with E-state index in [0.29, 0.717) is 0 Å². The van der Waals surface area contributed by atoms with Gasteiger partial charge in [-0.05, 0) is 43.5 Å².